The molecule has 6 nitrogen and oxygen atoms in total. The summed E-state index contributed by atoms with van der Waals surface area (Å²) in [6, 6.07) is 6.37. The van der Waals surface area contributed by atoms with Crippen molar-refractivity contribution in [2.75, 3.05) is 12.8 Å². The Balaban J connectivity index is 2.68. The fraction of sp³-hybridized carbons (Fsp3) is 0.214. The minimum absolute atomic E-state index is 0.0900. The van der Waals surface area contributed by atoms with Gasteiger partial charge in [0.25, 0.3) is 5.69 Å². The molecule has 0 fully saturated rings. The minimum atomic E-state index is -0.491. The van der Waals surface area contributed by atoms with Crippen LogP contribution >= 0.6 is 0 Å². The molecule has 2 rings (SSSR count). The van der Waals surface area contributed by atoms with E-state index in [9.17, 15) is 10.1 Å². The van der Waals surface area contributed by atoms with Gasteiger partial charge in [0.15, 0.2) is 0 Å². The van der Waals surface area contributed by atoms with Crippen molar-refractivity contribution >= 4 is 11.5 Å². The monoisotopic (exact) mass is 273 g/mol. The fourth-order valence-electron chi connectivity index (χ4n) is 2.04. The van der Waals surface area contributed by atoms with E-state index in [1.165, 1.54) is 12.1 Å². The summed E-state index contributed by atoms with van der Waals surface area (Å²) in [5.74, 6) is 0.756. The molecule has 2 N–H and O–H groups in total. The molecule has 1 aromatic carbocycles. The standard InChI is InChI=1S/C14H15N3O3/c1-8-4-5-11(14(20-3)9(8)2)12-6-10(17(18)19)7-13(15)16-12/h4-7H,1-3H3,(H2,15,16). The average Bonchev–Trinajstić information content (AvgIpc) is 2.40. The molecule has 0 aliphatic carbocycles. The Kier molecular flexibility index (Phi) is 3.56. The number of nitrogens with two attached hydrogens (primary N) is 1. The molecule has 2 aromatic rings. The first-order valence-electron chi connectivity index (χ1n) is 6.00. The van der Waals surface area contributed by atoms with Gasteiger partial charge in [0.1, 0.15) is 11.6 Å². The molecule has 0 aliphatic heterocycles. The van der Waals surface area contributed by atoms with E-state index in [-0.39, 0.29) is 11.5 Å². The number of hydrogen-bond acceptors (Lipinski definition) is 5. The molecular formula is C14H15N3O3. The van der Waals surface area contributed by atoms with Gasteiger partial charge in [-0.05, 0) is 31.0 Å². The zero-order chi connectivity index (χ0) is 14.9. The average molecular weight is 273 g/mol. The predicted octanol–water partition coefficient (Wildman–Crippen LogP) is 2.86. The molecular weight excluding hydrogens is 258 g/mol. The third kappa shape index (κ3) is 2.40. The maximum absolute atomic E-state index is 10.9. The molecule has 104 valence electrons. The molecule has 0 bridgehead atoms. The molecule has 1 heterocycles. The van der Waals surface area contributed by atoms with Gasteiger partial charge in [-0.3, -0.25) is 10.1 Å². The number of anilines is 1. The quantitative estimate of drug-likeness (QED) is 0.685. The van der Waals surface area contributed by atoms with Gasteiger partial charge in [-0.25, -0.2) is 4.98 Å². The van der Waals surface area contributed by atoms with E-state index < -0.39 is 4.92 Å². The van der Waals surface area contributed by atoms with Crippen LogP contribution in [-0.2, 0) is 0 Å². The van der Waals surface area contributed by atoms with Crippen molar-refractivity contribution in [3.63, 3.8) is 0 Å². The smallest absolute Gasteiger partial charge is 0.275 e. The molecule has 0 saturated carbocycles. The SMILES string of the molecule is COc1c(-c2cc([N+](=O)[O-])cc(N)n2)ccc(C)c1C. The van der Waals surface area contributed by atoms with Gasteiger partial charge in [0.2, 0.25) is 0 Å². The first-order chi connectivity index (χ1) is 9.43. The zero-order valence-electron chi connectivity index (χ0n) is 11.5. The third-order valence-corrected chi connectivity index (χ3v) is 3.20. The van der Waals surface area contributed by atoms with Crippen LogP contribution in [0, 0.1) is 24.0 Å². The lowest BCUT2D eigenvalue weighted by Crippen LogP contribution is -1.99. The number of hydrogen-bond donors (Lipinski definition) is 1. The summed E-state index contributed by atoms with van der Waals surface area (Å²) in [7, 11) is 1.56. The van der Waals surface area contributed by atoms with Gasteiger partial charge in [-0.1, -0.05) is 6.07 Å². The van der Waals surface area contributed by atoms with Crippen LogP contribution in [0.2, 0.25) is 0 Å². The summed E-state index contributed by atoms with van der Waals surface area (Å²) in [6.45, 7) is 3.90. The highest BCUT2D eigenvalue weighted by Gasteiger charge is 2.16. The van der Waals surface area contributed by atoms with Crippen LogP contribution < -0.4 is 10.5 Å². The Morgan fingerprint density at radius 2 is 2.00 bits per heavy atom. The van der Waals surface area contributed by atoms with Crippen molar-refractivity contribution in [3.05, 3.63) is 45.5 Å². The van der Waals surface area contributed by atoms with Crippen LogP contribution in [0.15, 0.2) is 24.3 Å². The van der Waals surface area contributed by atoms with Crippen molar-refractivity contribution in [1.82, 2.24) is 4.98 Å². The molecule has 20 heavy (non-hydrogen) atoms. The molecule has 0 radical (unpaired) electrons. The normalized spacial score (nSPS) is 10.3. The van der Waals surface area contributed by atoms with E-state index >= 15 is 0 Å². The number of aromatic nitrogens is 1. The molecule has 0 unspecified atom stereocenters. The van der Waals surface area contributed by atoms with E-state index in [1.807, 2.05) is 26.0 Å². The van der Waals surface area contributed by atoms with E-state index in [1.54, 1.807) is 7.11 Å². The van der Waals surface area contributed by atoms with E-state index in [0.717, 1.165) is 11.1 Å². The summed E-state index contributed by atoms with van der Waals surface area (Å²) in [4.78, 5) is 14.6. The second kappa shape index (κ2) is 5.16. The number of aryl methyl sites for hydroxylation is 1. The van der Waals surface area contributed by atoms with Gasteiger partial charge in [-0.15, -0.1) is 0 Å². The van der Waals surface area contributed by atoms with Crippen LogP contribution in [0.25, 0.3) is 11.3 Å². The van der Waals surface area contributed by atoms with Crippen molar-refractivity contribution in [3.8, 4) is 17.0 Å². The Hall–Kier alpha value is -2.63. The first-order valence-corrected chi connectivity index (χ1v) is 6.00. The number of nitrogen functional groups attached to an aromatic ring is 1. The van der Waals surface area contributed by atoms with Crippen LogP contribution in [0.1, 0.15) is 11.1 Å². The number of nitro groups is 1. The Labute approximate surface area is 116 Å². The minimum Gasteiger partial charge on any atom is -0.496 e. The second-order valence-corrected chi connectivity index (χ2v) is 4.48. The molecule has 1 aromatic heterocycles. The van der Waals surface area contributed by atoms with E-state index in [0.29, 0.717) is 17.0 Å². The lowest BCUT2D eigenvalue weighted by atomic mass is 10.0. The summed E-state index contributed by atoms with van der Waals surface area (Å²) < 4.78 is 5.40. The van der Waals surface area contributed by atoms with Gasteiger partial charge in [0.05, 0.1) is 23.8 Å². The third-order valence-electron chi connectivity index (χ3n) is 3.20. The Morgan fingerprint density at radius 3 is 2.60 bits per heavy atom. The highest BCUT2D eigenvalue weighted by Crippen LogP contribution is 2.35. The zero-order valence-corrected chi connectivity index (χ0v) is 11.5. The highest BCUT2D eigenvalue weighted by atomic mass is 16.6. The number of pyridine rings is 1. The summed E-state index contributed by atoms with van der Waals surface area (Å²) in [5, 5.41) is 10.9. The lowest BCUT2D eigenvalue weighted by Gasteiger charge is -2.13. The van der Waals surface area contributed by atoms with Gasteiger partial charge >= 0.3 is 0 Å². The van der Waals surface area contributed by atoms with Crippen molar-refractivity contribution in [1.29, 1.82) is 0 Å². The van der Waals surface area contributed by atoms with Gasteiger partial charge in [-0.2, -0.15) is 0 Å². The summed E-state index contributed by atoms with van der Waals surface area (Å²) in [6.07, 6.45) is 0. The summed E-state index contributed by atoms with van der Waals surface area (Å²) >= 11 is 0. The van der Waals surface area contributed by atoms with E-state index in [4.69, 9.17) is 10.5 Å². The van der Waals surface area contributed by atoms with Crippen molar-refractivity contribution in [2.24, 2.45) is 0 Å². The number of ether oxygens (including phenoxy) is 1. The van der Waals surface area contributed by atoms with Crippen LogP contribution in [0.5, 0.6) is 5.75 Å². The topological polar surface area (TPSA) is 91.3 Å². The predicted molar refractivity (Wildman–Crippen MR) is 76.8 cm³/mol. The number of benzene rings is 1. The van der Waals surface area contributed by atoms with Gasteiger partial charge in [0, 0.05) is 11.6 Å². The van der Waals surface area contributed by atoms with E-state index in [2.05, 4.69) is 4.98 Å². The largest absolute Gasteiger partial charge is 0.496 e. The van der Waals surface area contributed by atoms with Crippen LogP contribution in [-0.4, -0.2) is 17.0 Å². The van der Waals surface area contributed by atoms with Gasteiger partial charge < -0.3 is 10.5 Å². The number of rotatable bonds is 3. The molecule has 0 saturated heterocycles. The second-order valence-electron chi connectivity index (χ2n) is 4.48. The summed E-state index contributed by atoms with van der Waals surface area (Å²) in [5.41, 5.74) is 8.70. The Bertz CT molecular complexity index is 684. The maximum atomic E-state index is 10.9. The number of nitrogens with zero attached hydrogens (tertiary/aromatic N) is 2. The first kappa shape index (κ1) is 13.8. The Morgan fingerprint density at radius 1 is 1.30 bits per heavy atom. The molecule has 0 atom stereocenters. The highest BCUT2D eigenvalue weighted by molar-refractivity contribution is 5.73. The van der Waals surface area contributed by atoms with Crippen LogP contribution in [0.4, 0.5) is 11.5 Å². The van der Waals surface area contributed by atoms with Crippen LogP contribution in [0.3, 0.4) is 0 Å². The van der Waals surface area contributed by atoms with Crippen molar-refractivity contribution in [2.45, 2.75) is 13.8 Å². The lowest BCUT2D eigenvalue weighted by molar-refractivity contribution is -0.384. The maximum Gasteiger partial charge on any atom is 0.275 e. The van der Waals surface area contributed by atoms with Crippen molar-refractivity contribution < 1.29 is 9.66 Å². The fourth-order valence-corrected chi connectivity index (χ4v) is 2.04. The molecule has 0 spiro atoms. The molecule has 6 heteroatoms. The number of methoxy groups -OCH3 is 1. The molecule has 0 amide bonds. The molecule has 0 aliphatic rings.